The Hall–Kier alpha value is -0.610. The lowest BCUT2D eigenvalue weighted by Gasteiger charge is -2.12. The van der Waals surface area contributed by atoms with Gasteiger partial charge in [-0.2, -0.15) is 0 Å². The Kier molecular flexibility index (Phi) is 4.85. The number of hydrogen-bond donors (Lipinski definition) is 1. The Bertz CT molecular complexity index is 604. The fourth-order valence-electron chi connectivity index (χ4n) is 1.73. The molecule has 2 rings (SSSR count). The molecular weight excluding hydrogens is 354 g/mol. The number of aliphatic hydroxyl groups is 1. The van der Waals surface area contributed by atoms with Crippen molar-refractivity contribution in [2.45, 2.75) is 12.5 Å². The molecule has 1 atom stereocenters. The maximum Gasteiger partial charge on any atom is 0.127 e. The SMILES string of the molecule is OC(Cc1ccc(Br)cc1F)c1ccc(Cl)c(Cl)c1. The second-order valence-electron chi connectivity index (χ2n) is 4.13. The third kappa shape index (κ3) is 3.69. The number of aliphatic hydroxyl groups excluding tert-OH is 1. The largest absolute Gasteiger partial charge is 0.388 e. The molecule has 0 fully saturated rings. The quantitative estimate of drug-likeness (QED) is 0.797. The Morgan fingerprint density at radius 3 is 2.47 bits per heavy atom. The number of rotatable bonds is 3. The van der Waals surface area contributed by atoms with Crippen LogP contribution in [-0.4, -0.2) is 5.11 Å². The molecule has 1 unspecified atom stereocenters. The molecule has 0 bridgehead atoms. The van der Waals surface area contributed by atoms with Crippen LogP contribution in [-0.2, 0) is 6.42 Å². The third-order valence-corrected chi connectivity index (χ3v) is 3.99. The van der Waals surface area contributed by atoms with E-state index in [0.717, 1.165) is 0 Å². The zero-order valence-corrected chi connectivity index (χ0v) is 12.8. The Labute approximate surface area is 129 Å². The van der Waals surface area contributed by atoms with E-state index in [-0.39, 0.29) is 12.2 Å². The van der Waals surface area contributed by atoms with E-state index in [0.29, 0.717) is 25.6 Å². The molecule has 5 heteroatoms. The first kappa shape index (κ1) is 14.8. The van der Waals surface area contributed by atoms with Crippen molar-refractivity contribution in [3.8, 4) is 0 Å². The maximum absolute atomic E-state index is 13.7. The molecule has 0 saturated heterocycles. The lowest BCUT2D eigenvalue weighted by Crippen LogP contribution is -2.03. The van der Waals surface area contributed by atoms with Crippen LogP contribution in [0.4, 0.5) is 4.39 Å². The molecule has 0 heterocycles. The first-order chi connectivity index (χ1) is 8.97. The van der Waals surface area contributed by atoms with Gasteiger partial charge >= 0.3 is 0 Å². The van der Waals surface area contributed by atoms with Gasteiger partial charge < -0.3 is 5.11 Å². The Morgan fingerprint density at radius 1 is 1.11 bits per heavy atom. The predicted molar refractivity (Wildman–Crippen MR) is 79.2 cm³/mol. The van der Waals surface area contributed by atoms with E-state index >= 15 is 0 Å². The van der Waals surface area contributed by atoms with Gasteiger partial charge in [-0.3, -0.25) is 0 Å². The Balaban J connectivity index is 2.20. The summed E-state index contributed by atoms with van der Waals surface area (Å²) in [6.45, 7) is 0. The minimum atomic E-state index is -0.828. The summed E-state index contributed by atoms with van der Waals surface area (Å²) in [5, 5.41) is 10.9. The Morgan fingerprint density at radius 2 is 1.84 bits per heavy atom. The molecule has 0 aromatic heterocycles. The fourth-order valence-corrected chi connectivity index (χ4v) is 2.37. The molecule has 0 aliphatic heterocycles. The predicted octanol–water partition coefficient (Wildman–Crippen LogP) is 5.17. The smallest absolute Gasteiger partial charge is 0.127 e. The lowest BCUT2D eigenvalue weighted by atomic mass is 10.0. The number of hydrogen-bond acceptors (Lipinski definition) is 1. The minimum Gasteiger partial charge on any atom is -0.388 e. The number of halogens is 4. The molecule has 2 aromatic carbocycles. The summed E-state index contributed by atoms with van der Waals surface area (Å²) in [7, 11) is 0. The highest BCUT2D eigenvalue weighted by molar-refractivity contribution is 9.10. The van der Waals surface area contributed by atoms with Crippen molar-refractivity contribution in [2.75, 3.05) is 0 Å². The highest BCUT2D eigenvalue weighted by Crippen LogP contribution is 2.28. The van der Waals surface area contributed by atoms with Gasteiger partial charge in [0.2, 0.25) is 0 Å². The summed E-state index contributed by atoms with van der Waals surface area (Å²) >= 11 is 14.9. The molecule has 1 N–H and O–H groups in total. The van der Waals surface area contributed by atoms with Crippen LogP contribution < -0.4 is 0 Å². The van der Waals surface area contributed by atoms with Crippen molar-refractivity contribution in [3.63, 3.8) is 0 Å². The average molecular weight is 364 g/mol. The van der Waals surface area contributed by atoms with Crippen LogP contribution in [0.3, 0.4) is 0 Å². The van der Waals surface area contributed by atoms with Crippen LogP contribution in [0.25, 0.3) is 0 Å². The summed E-state index contributed by atoms with van der Waals surface area (Å²) in [6, 6.07) is 9.62. The highest BCUT2D eigenvalue weighted by Gasteiger charge is 2.13. The van der Waals surface area contributed by atoms with Crippen molar-refractivity contribution >= 4 is 39.1 Å². The third-order valence-electron chi connectivity index (χ3n) is 2.76. The normalized spacial score (nSPS) is 12.5. The van der Waals surface area contributed by atoms with Crippen LogP contribution in [0, 0.1) is 5.82 Å². The van der Waals surface area contributed by atoms with E-state index in [1.807, 2.05) is 0 Å². The first-order valence-corrected chi connectivity index (χ1v) is 7.09. The summed E-state index contributed by atoms with van der Waals surface area (Å²) in [4.78, 5) is 0. The van der Waals surface area contributed by atoms with Crippen LogP contribution >= 0.6 is 39.1 Å². The summed E-state index contributed by atoms with van der Waals surface area (Å²) in [5.41, 5.74) is 1.05. The van der Waals surface area contributed by atoms with Crippen molar-refractivity contribution in [1.29, 1.82) is 0 Å². The average Bonchev–Trinajstić information content (AvgIpc) is 2.36. The fraction of sp³-hybridized carbons (Fsp3) is 0.143. The van der Waals surface area contributed by atoms with E-state index in [1.54, 1.807) is 30.3 Å². The van der Waals surface area contributed by atoms with Crippen LogP contribution in [0.5, 0.6) is 0 Å². The molecule has 1 nitrogen and oxygen atoms in total. The first-order valence-electron chi connectivity index (χ1n) is 5.54. The van der Waals surface area contributed by atoms with Gasteiger partial charge in [-0.1, -0.05) is 51.3 Å². The molecule has 0 amide bonds. The highest BCUT2D eigenvalue weighted by atomic mass is 79.9. The molecule has 100 valence electrons. The van der Waals surface area contributed by atoms with E-state index in [1.165, 1.54) is 6.07 Å². The van der Waals surface area contributed by atoms with Gasteiger partial charge in [-0.05, 0) is 35.4 Å². The molecule has 0 spiro atoms. The van der Waals surface area contributed by atoms with Crippen LogP contribution in [0.1, 0.15) is 17.2 Å². The standard InChI is InChI=1S/C14H10BrCl2FO/c15-10-3-1-8(13(18)7-10)6-14(19)9-2-4-11(16)12(17)5-9/h1-5,7,14,19H,6H2. The molecule has 2 aromatic rings. The zero-order chi connectivity index (χ0) is 14.0. The molecule has 19 heavy (non-hydrogen) atoms. The van der Waals surface area contributed by atoms with Crippen molar-refractivity contribution in [3.05, 3.63) is 67.9 Å². The van der Waals surface area contributed by atoms with Gasteiger partial charge in [0.25, 0.3) is 0 Å². The van der Waals surface area contributed by atoms with Gasteiger partial charge in [0.05, 0.1) is 16.1 Å². The van der Waals surface area contributed by atoms with Gasteiger partial charge in [-0.25, -0.2) is 4.39 Å². The number of benzene rings is 2. The second kappa shape index (κ2) is 6.23. The minimum absolute atomic E-state index is 0.178. The monoisotopic (exact) mass is 362 g/mol. The van der Waals surface area contributed by atoms with Crippen molar-refractivity contribution < 1.29 is 9.50 Å². The summed E-state index contributed by atoms with van der Waals surface area (Å²) in [5.74, 6) is -0.353. The summed E-state index contributed by atoms with van der Waals surface area (Å²) < 4.78 is 14.3. The van der Waals surface area contributed by atoms with Crippen molar-refractivity contribution in [2.24, 2.45) is 0 Å². The van der Waals surface area contributed by atoms with Crippen LogP contribution in [0.2, 0.25) is 10.0 Å². The zero-order valence-electron chi connectivity index (χ0n) is 9.71. The molecule has 0 aliphatic carbocycles. The lowest BCUT2D eigenvalue weighted by molar-refractivity contribution is 0.177. The van der Waals surface area contributed by atoms with Gasteiger partial charge in [0, 0.05) is 10.9 Å². The van der Waals surface area contributed by atoms with Crippen LogP contribution in [0.15, 0.2) is 40.9 Å². The van der Waals surface area contributed by atoms with Gasteiger partial charge in [-0.15, -0.1) is 0 Å². The van der Waals surface area contributed by atoms with Crippen molar-refractivity contribution in [1.82, 2.24) is 0 Å². The van der Waals surface area contributed by atoms with E-state index in [9.17, 15) is 9.50 Å². The topological polar surface area (TPSA) is 20.2 Å². The second-order valence-corrected chi connectivity index (χ2v) is 5.86. The van der Waals surface area contributed by atoms with E-state index < -0.39 is 6.10 Å². The maximum atomic E-state index is 13.7. The van der Waals surface area contributed by atoms with Gasteiger partial charge in [0.1, 0.15) is 5.82 Å². The van der Waals surface area contributed by atoms with Gasteiger partial charge in [0.15, 0.2) is 0 Å². The van der Waals surface area contributed by atoms with E-state index in [2.05, 4.69) is 15.9 Å². The summed E-state index contributed by atoms with van der Waals surface area (Å²) in [6.07, 6.45) is -0.651. The van der Waals surface area contributed by atoms with E-state index in [4.69, 9.17) is 23.2 Å². The molecule has 0 saturated carbocycles. The molecular formula is C14H10BrCl2FO. The molecule has 0 aliphatic rings. The molecule has 0 radical (unpaired) electrons.